The number of aryl methyl sites for hydroxylation is 1. The van der Waals surface area contributed by atoms with E-state index < -0.39 is 12.1 Å². The molecule has 2 heterocycles. The lowest BCUT2D eigenvalue weighted by Gasteiger charge is -2.21. The number of carbonyl (C=O) groups excluding carboxylic acids is 1. The zero-order chi connectivity index (χ0) is 26.9. The van der Waals surface area contributed by atoms with Crippen molar-refractivity contribution in [3.05, 3.63) is 131 Å². The average molecular weight is 517 g/mol. The molecule has 1 aliphatic rings. The number of ether oxygens (including phenoxy) is 1. The molecule has 0 saturated heterocycles. The fraction of sp³-hybridized carbons (Fsp3) is 0.182. The van der Waals surface area contributed by atoms with E-state index in [1.807, 2.05) is 79.7 Å². The zero-order valence-corrected chi connectivity index (χ0v) is 21.6. The molecule has 1 saturated carbocycles. The number of carboxylic acids is 1. The summed E-state index contributed by atoms with van der Waals surface area (Å²) >= 11 is 0. The number of aromatic nitrogens is 2. The largest absolute Gasteiger partial charge is 0.478 e. The van der Waals surface area contributed by atoms with Crippen molar-refractivity contribution in [1.29, 1.82) is 0 Å². The van der Waals surface area contributed by atoms with Crippen LogP contribution in [0.15, 0.2) is 97.2 Å². The van der Waals surface area contributed by atoms with Gasteiger partial charge in [-0.3, -0.25) is 9.20 Å². The topological polar surface area (TPSA) is 80.9 Å². The summed E-state index contributed by atoms with van der Waals surface area (Å²) in [6.45, 7) is 2.04. The van der Waals surface area contributed by atoms with Gasteiger partial charge >= 0.3 is 11.9 Å². The second-order valence-corrected chi connectivity index (χ2v) is 10.1. The van der Waals surface area contributed by atoms with Crippen molar-refractivity contribution in [3.8, 4) is 11.1 Å². The third-order valence-corrected chi connectivity index (χ3v) is 7.25. The molecule has 1 unspecified atom stereocenters. The Morgan fingerprint density at radius 3 is 2.38 bits per heavy atom. The number of imidazole rings is 1. The van der Waals surface area contributed by atoms with Gasteiger partial charge < -0.3 is 9.84 Å². The third-order valence-electron chi connectivity index (χ3n) is 7.25. The second-order valence-electron chi connectivity index (χ2n) is 10.1. The number of hydrogen-bond donors (Lipinski definition) is 1. The Kier molecular flexibility index (Phi) is 6.45. The molecule has 2 aromatic heterocycles. The van der Waals surface area contributed by atoms with Gasteiger partial charge in [0.15, 0.2) is 6.10 Å². The Hall–Kier alpha value is -4.71. The summed E-state index contributed by atoms with van der Waals surface area (Å²) in [4.78, 5) is 29.9. The highest BCUT2D eigenvalue weighted by molar-refractivity contribution is 5.96. The molecule has 1 N–H and O–H groups in total. The number of aromatic carboxylic acids is 1. The molecule has 0 bridgehead atoms. The summed E-state index contributed by atoms with van der Waals surface area (Å²) in [6, 6.07) is 28.1. The minimum Gasteiger partial charge on any atom is -0.478 e. The van der Waals surface area contributed by atoms with Crippen LogP contribution in [0, 0.1) is 6.92 Å². The molecule has 0 amide bonds. The van der Waals surface area contributed by atoms with Crippen molar-refractivity contribution in [1.82, 2.24) is 9.38 Å². The van der Waals surface area contributed by atoms with Crippen LogP contribution < -0.4 is 0 Å². The Bertz CT molecular complexity index is 1670. The van der Waals surface area contributed by atoms with Crippen LogP contribution in [-0.2, 0) is 16.0 Å². The molecule has 0 radical (unpaired) electrons. The first-order valence-electron chi connectivity index (χ1n) is 13.1. The van der Waals surface area contributed by atoms with Crippen LogP contribution in [0.2, 0.25) is 0 Å². The number of carboxylic acid groups (broad SMARTS) is 1. The third kappa shape index (κ3) is 5.06. The predicted octanol–water partition coefficient (Wildman–Crippen LogP) is 6.76. The number of rotatable bonds is 8. The van der Waals surface area contributed by atoms with Crippen molar-refractivity contribution in [2.45, 2.75) is 38.2 Å². The summed E-state index contributed by atoms with van der Waals surface area (Å²) in [7, 11) is 0. The van der Waals surface area contributed by atoms with Crippen LogP contribution in [0.5, 0.6) is 0 Å². The molecule has 1 aliphatic carbocycles. The van der Waals surface area contributed by atoms with Gasteiger partial charge in [0.05, 0.1) is 23.4 Å². The van der Waals surface area contributed by atoms with E-state index in [1.54, 1.807) is 18.2 Å². The van der Waals surface area contributed by atoms with E-state index >= 15 is 0 Å². The average Bonchev–Trinajstić information content (AvgIpc) is 3.71. The fourth-order valence-electron chi connectivity index (χ4n) is 5.02. The number of nitrogens with zero attached hydrogens (tertiary/aromatic N) is 2. The molecule has 6 heteroatoms. The maximum atomic E-state index is 13.2. The van der Waals surface area contributed by atoms with Crippen LogP contribution >= 0.6 is 0 Å². The van der Waals surface area contributed by atoms with Crippen molar-refractivity contribution in [2.75, 3.05) is 0 Å². The molecule has 0 aliphatic heterocycles. The van der Waals surface area contributed by atoms with Crippen molar-refractivity contribution in [3.63, 3.8) is 0 Å². The highest BCUT2D eigenvalue weighted by Gasteiger charge is 2.29. The van der Waals surface area contributed by atoms with Gasteiger partial charge in [-0.1, -0.05) is 78.9 Å². The van der Waals surface area contributed by atoms with E-state index in [0.717, 1.165) is 52.1 Å². The van der Waals surface area contributed by atoms with Gasteiger partial charge in [0.25, 0.3) is 0 Å². The van der Waals surface area contributed by atoms with Gasteiger partial charge in [-0.15, -0.1) is 0 Å². The molecule has 0 spiro atoms. The SMILES string of the molecule is Cc1ccc(C(OC(=O)Cc2ccccc2)c2ccc(-c3ccccc3C(=O)O)cc2)n2cc(C3CC3)nc12. The van der Waals surface area contributed by atoms with Crippen molar-refractivity contribution < 1.29 is 19.4 Å². The first kappa shape index (κ1) is 24.6. The van der Waals surface area contributed by atoms with Crippen molar-refractivity contribution in [2.24, 2.45) is 0 Å². The molecule has 5 aromatic rings. The zero-order valence-electron chi connectivity index (χ0n) is 21.6. The Morgan fingerprint density at radius 1 is 0.949 bits per heavy atom. The molecule has 39 heavy (non-hydrogen) atoms. The van der Waals surface area contributed by atoms with Gasteiger partial charge in [0, 0.05) is 12.1 Å². The normalized spacial score (nSPS) is 13.8. The van der Waals surface area contributed by atoms with Gasteiger partial charge in [0.2, 0.25) is 0 Å². The first-order chi connectivity index (χ1) is 19.0. The van der Waals surface area contributed by atoms with Crippen molar-refractivity contribution >= 4 is 17.6 Å². The second kappa shape index (κ2) is 10.2. The monoisotopic (exact) mass is 516 g/mol. The van der Waals surface area contributed by atoms with Crippen LogP contribution in [0.4, 0.5) is 0 Å². The minimum atomic E-state index is -0.976. The van der Waals surface area contributed by atoms with Crippen LogP contribution in [0.25, 0.3) is 16.8 Å². The van der Waals surface area contributed by atoms with E-state index in [1.165, 1.54) is 0 Å². The summed E-state index contributed by atoms with van der Waals surface area (Å²) in [6.07, 6.45) is 3.85. The highest BCUT2D eigenvalue weighted by Crippen LogP contribution is 2.40. The Labute approximate surface area is 226 Å². The number of hydrogen-bond acceptors (Lipinski definition) is 4. The predicted molar refractivity (Wildman–Crippen MR) is 149 cm³/mol. The molecule has 1 fully saturated rings. The number of esters is 1. The lowest BCUT2D eigenvalue weighted by molar-refractivity contribution is -0.146. The van der Waals surface area contributed by atoms with Crippen LogP contribution in [-0.4, -0.2) is 26.4 Å². The van der Waals surface area contributed by atoms with E-state index in [0.29, 0.717) is 11.5 Å². The van der Waals surface area contributed by atoms with Crippen LogP contribution in [0.1, 0.15) is 63.3 Å². The summed E-state index contributed by atoms with van der Waals surface area (Å²) in [5.74, 6) is -0.816. The number of pyridine rings is 1. The smallest absolute Gasteiger partial charge is 0.336 e. The fourth-order valence-corrected chi connectivity index (χ4v) is 5.02. The van der Waals surface area contributed by atoms with Gasteiger partial charge in [-0.25, -0.2) is 9.78 Å². The maximum Gasteiger partial charge on any atom is 0.336 e. The Morgan fingerprint density at radius 2 is 1.67 bits per heavy atom. The lowest BCUT2D eigenvalue weighted by atomic mass is 9.96. The maximum absolute atomic E-state index is 13.2. The standard InChI is InChI=1S/C33H28N2O4/c1-21-11-18-29(35-20-28(24-14-15-24)34-32(21)35)31(39-30(36)19-22-7-3-2-4-8-22)25-16-12-23(13-17-25)26-9-5-6-10-27(26)33(37)38/h2-13,16-18,20,24,31H,14-15,19H2,1H3,(H,37,38). The summed E-state index contributed by atoms with van der Waals surface area (Å²) < 4.78 is 8.24. The van der Waals surface area contributed by atoms with Gasteiger partial charge in [0.1, 0.15) is 5.65 Å². The number of carbonyl (C=O) groups is 2. The van der Waals surface area contributed by atoms with E-state index in [2.05, 4.69) is 10.6 Å². The number of benzene rings is 3. The molecule has 6 nitrogen and oxygen atoms in total. The van der Waals surface area contributed by atoms with E-state index in [9.17, 15) is 14.7 Å². The molecular formula is C33H28N2O4. The molecule has 6 rings (SSSR count). The highest BCUT2D eigenvalue weighted by atomic mass is 16.5. The Balaban J connectivity index is 1.40. The molecular weight excluding hydrogens is 488 g/mol. The molecule has 194 valence electrons. The lowest BCUT2D eigenvalue weighted by Crippen LogP contribution is -2.17. The molecule has 1 atom stereocenters. The van der Waals surface area contributed by atoms with Gasteiger partial charge in [-0.2, -0.15) is 0 Å². The summed E-state index contributed by atoms with van der Waals surface area (Å²) in [5, 5.41) is 9.64. The summed E-state index contributed by atoms with van der Waals surface area (Å²) in [5.41, 5.74) is 7.13. The van der Waals surface area contributed by atoms with E-state index in [4.69, 9.17) is 9.72 Å². The molecule has 3 aromatic carbocycles. The quantitative estimate of drug-likeness (QED) is 0.231. The minimum absolute atomic E-state index is 0.160. The first-order valence-corrected chi connectivity index (χ1v) is 13.1. The van der Waals surface area contributed by atoms with Crippen LogP contribution in [0.3, 0.4) is 0 Å². The number of fused-ring (bicyclic) bond motifs is 1. The van der Waals surface area contributed by atoms with Gasteiger partial charge in [-0.05, 0) is 59.7 Å². The van der Waals surface area contributed by atoms with E-state index in [-0.39, 0.29) is 18.0 Å².